The molecule has 0 radical (unpaired) electrons. The van der Waals surface area contributed by atoms with Crippen molar-refractivity contribution in [1.82, 2.24) is 0 Å². The Morgan fingerprint density at radius 3 is 2.86 bits per heavy atom. The summed E-state index contributed by atoms with van der Waals surface area (Å²) in [6.07, 6.45) is 0. The van der Waals surface area contributed by atoms with E-state index in [-0.39, 0.29) is 6.04 Å². The summed E-state index contributed by atoms with van der Waals surface area (Å²) in [6.45, 7) is 1.86. The third kappa shape index (κ3) is 1.36. The molecule has 0 aliphatic rings. The standard InChI is InChI=1S/C11H10N2O/c1-7(13)11-5-9-4-8(6-12)2-3-10(9)14-11/h2-5,7H,13H2,1H3. The van der Waals surface area contributed by atoms with Gasteiger partial charge in [-0.1, -0.05) is 0 Å². The molecule has 2 aromatic rings. The highest BCUT2D eigenvalue weighted by molar-refractivity contribution is 5.79. The second-order valence-corrected chi connectivity index (χ2v) is 3.30. The Bertz CT molecular complexity index is 505. The van der Waals surface area contributed by atoms with Crippen molar-refractivity contribution in [2.75, 3.05) is 0 Å². The van der Waals surface area contributed by atoms with Crippen LogP contribution in [0.2, 0.25) is 0 Å². The lowest BCUT2D eigenvalue weighted by molar-refractivity contribution is 0.513. The molecule has 0 amide bonds. The van der Waals surface area contributed by atoms with Crippen LogP contribution >= 0.6 is 0 Å². The van der Waals surface area contributed by atoms with Gasteiger partial charge in [0.1, 0.15) is 11.3 Å². The van der Waals surface area contributed by atoms with Crippen molar-refractivity contribution in [2.45, 2.75) is 13.0 Å². The van der Waals surface area contributed by atoms with Crippen molar-refractivity contribution < 1.29 is 4.42 Å². The Labute approximate surface area is 81.7 Å². The van der Waals surface area contributed by atoms with Crippen LogP contribution in [0.3, 0.4) is 0 Å². The number of fused-ring (bicyclic) bond motifs is 1. The van der Waals surface area contributed by atoms with E-state index in [0.717, 1.165) is 16.7 Å². The topological polar surface area (TPSA) is 63.0 Å². The van der Waals surface area contributed by atoms with Gasteiger partial charge < -0.3 is 10.2 Å². The number of hydrogen-bond donors (Lipinski definition) is 1. The average Bonchev–Trinajstić information content (AvgIpc) is 2.59. The fourth-order valence-electron chi connectivity index (χ4n) is 1.36. The molecule has 0 spiro atoms. The van der Waals surface area contributed by atoms with E-state index in [2.05, 4.69) is 6.07 Å². The second-order valence-electron chi connectivity index (χ2n) is 3.30. The zero-order valence-corrected chi connectivity index (χ0v) is 7.82. The molecule has 0 saturated carbocycles. The van der Waals surface area contributed by atoms with Crippen molar-refractivity contribution in [2.24, 2.45) is 5.73 Å². The first-order valence-electron chi connectivity index (χ1n) is 4.40. The molecular weight excluding hydrogens is 176 g/mol. The Hall–Kier alpha value is -1.79. The Morgan fingerprint density at radius 2 is 2.21 bits per heavy atom. The summed E-state index contributed by atoms with van der Waals surface area (Å²) in [5, 5.41) is 9.63. The number of benzene rings is 1. The van der Waals surface area contributed by atoms with Crippen LogP contribution in [-0.2, 0) is 0 Å². The lowest BCUT2D eigenvalue weighted by Gasteiger charge is -1.96. The maximum atomic E-state index is 8.71. The van der Waals surface area contributed by atoms with Crippen LogP contribution in [-0.4, -0.2) is 0 Å². The minimum atomic E-state index is -0.118. The van der Waals surface area contributed by atoms with Crippen LogP contribution in [0.4, 0.5) is 0 Å². The minimum Gasteiger partial charge on any atom is -0.459 e. The largest absolute Gasteiger partial charge is 0.459 e. The third-order valence-electron chi connectivity index (χ3n) is 2.11. The van der Waals surface area contributed by atoms with Crippen LogP contribution in [0.1, 0.15) is 24.3 Å². The Balaban J connectivity index is 2.61. The summed E-state index contributed by atoms with van der Waals surface area (Å²) >= 11 is 0. The second kappa shape index (κ2) is 3.17. The Morgan fingerprint density at radius 1 is 1.43 bits per heavy atom. The van der Waals surface area contributed by atoms with Gasteiger partial charge in [0, 0.05) is 5.39 Å². The summed E-state index contributed by atoms with van der Waals surface area (Å²) in [7, 11) is 0. The molecule has 14 heavy (non-hydrogen) atoms. The van der Waals surface area contributed by atoms with E-state index in [1.165, 1.54) is 0 Å². The molecule has 0 aliphatic heterocycles. The first-order valence-corrected chi connectivity index (χ1v) is 4.40. The lowest BCUT2D eigenvalue weighted by atomic mass is 10.1. The number of hydrogen-bond acceptors (Lipinski definition) is 3. The van der Waals surface area contributed by atoms with Gasteiger partial charge in [-0.2, -0.15) is 5.26 Å². The van der Waals surface area contributed by atoms with Gasteiger partial charge in [0.15, 0.2) is 0 Å². The molecule has 1 aromatic heterocycles. The summed E-state index contributed by atoms with van der Waals surface area (Å²) in [6, 6.07) is 9.16. The summed E-state index contributed by atoms with van der Waals surface area (Å²) in [5.74, 6) is 0.745. The van der Waals surface area contributed by atoms with Gasteiger partial charge in [-0.25, -0.2) is 0 Å². The maximum Gasteiger partial charge on any atom is 0.134 e. The van der Waals surface area contributed by atoms with E-state index in [1.807, 2.05) is 13.0 Å². The van der Waals surface area contributed by atoms with E-state index in [0.29, 0.717) is 5.56 Å². The van der Waals surface area contributed by atoms with Crippen LogP contribution in [0.5, 0.6) is 0 Å². The van der Waals surface area contributed by atoms with Gasteiger partial charge in [-0.3, -0.25) is 0 Å². The lowest BCUT2D eigenvalue weighted by Crippen LogP contribution is -2.02. The summed E-state index contributed by atoms with van der Waals surface area (Å²) < 4.78 is 5.49. The van der Waals surface area contributed by atoms with Gasteiger partial charge >= 0.3 is 0 Å². The van der Waals surface area contributed by atoms with Crippen molar-refractivity contribution in [3.63, 3.8) is 0 Å². The molecular formula is C11H10N2O. The predicted octanol–water partition coefficient (Wildman–Crippen LogP) is 2.32. The molecule has 0 saturated heterocycles. The molecule has 0 fully saturated rings. The van der Waals surface area contributed by atoms with E-state index in [1.54, 1.807) is 18.2 Å². The number of nitriles is 1. The molecule has 1 aromatic carbocycles. The van der Waals surface area contributed by atoms with Crippen molar-refractivity contribution in [3.8, 4) is 6.07 Å². The minimum absolute atomic E-state index is 0.118. The maximum absolute atomic E-state index is 8.71. The van der Waals surface area contributed by atoms with Crippen LogP contribution in [0, 0.1) is 11.3 Å². The first kappa shape index (κ1) is 8.79. The average molecular weight is 186 g/mol. The Kier molecular flexibility index (Phi) is 1.99. The number of furan rings is 1. The van der Waals surface area contributed by atoms with E-state index in [9.17, 15) is 0 Å². The van der Waals surface area contributed by atoms with Crippen LogP contribution in [0.25, 0.3) is 11.0 Å². The molecule has 70 valence electrons. The van der Waals surface area contributed by atoms with Crippen LogP contribution < -0.4 is 5.73 Å². The van der Waals surface area contributed by atoms with Gasteiger partial charge in [0.05, 0.1) is 17.7 Å². The van der Waals surface area contributed by atoms with E-state index in [4.69, 9.17) is 15.4 Å². The molecule has 3 nitrogen and oxygen atoms in total. The molecule has 2 N–H and O–H groups in total. The van der Waals surface area contributed by atoms with Crippen molar-refractivity contribution in [1.29, 1.82) is 5.26 Å². The summed E-state index contributed by atoms with van der Waals surface area (Å²) in [4.78, 5) is 0. The third-order valence-corrected chi connectivity index (χ3v) is 2.11. The van der Waals surface area contributed by atoms with E-state index >= 15 is 0 Å². The quantitative estimate of drug-likeness (QED) is 0.743. The molecule has 1 unspecified atom stereocenters. The molecule has 3 heteroatoms. The number of rotatable bonds is 1. The van der Waals surface area contributed by atoms with Gasteiger partial charge in [-0.15, -0.1) is 0 Å². The fourth-order valence-corrected chi connectivity index (χ4v) is 1.36. The predicted molar refractivity (Wildman–Crippen MR) is 53.5 cm³/mol. The highest BCUT2D eigenvalue weighted by Gasteiger charge is 2.07. The molecule has 0 bridgehead atoms. The zero-order valence-electron chi connectivity index (χ0n) is 7.82. The summed E-state index contributed by atoms with van der Waals surface area (Å²) in [5.41, 5.74) is 7.10. The number of nitrogens with zero attached hydrogens (tertiary/aromatic N) is 1. The molecule has 1 heterocycles. The van der Waals surface area contributed by atoms with Gasteiger partial charge in [0.2, 0.25) is 0 Å². The van der Waals surface area contributed by atoms with Crippen LogP contribution in [0.15, 0.2) is 28.7 Å². The normalized spacial score (nSPS) is 12.6. The van der Waals surface area contributed by atoms with Gasteiger partial charge in [0.25, 0.3) is 0 Å². The molecule has 1 atom stereocenters. The van der Waals surface area contributed by atoms with Gasteiger partial charge in [-0.05, 0) is 31.2 Å². The molecule has 2 rings (SSSR count). The SMILES string of the molecule is CC(N)c1cc2cc(C#N)ccc2o1. The molecule has 0 aliphatic carbocycles. The first-order chi connectivity index (χ1) is 6.70. The number of nitrogens with two attached hydrogens (primary N) is 1. The van der Waals surface area contributed by atoms with Crippen molar-refractivity contribution >= 4 is 11.0 Å². The highest BCUT2D eigenvalue weighted by Crippen LogP contribution is 2.23. The van der Waals surface area contributed by atoms with E-state index < -0.39 is 0 Å². The van der Waals surface area contributed by atoms with Crippen molar-refractivity contribution in [3.05, 3.63) is 35.6 Å². The monoisotopic (exact) mass is 186 g/mol. The zero-order chi connectivity index (χ0) is 10.1. The smallest absolute Gasteiger partial charge is 0.134 e. The fraction of sp³-hybridized carbons (Fsp3) is 0.182. The highest BCUT2D eigenvalue weighted by atomic mass is 16.3.